The molecule has 0 aliphatic carbocycles. The molecule has 0 atom stereocenters. The molecule has 1 saturated heterocycles. The third-order valence-electron chi connectivity index (χ3n) is 3.81. The van der Waals surface area contributed by atoms with Gasteiger partial charge in [0, 0.05) is 31.2 Å². The van der Waals surface area contributed by atoms with Crippen molar-refractivity contribution in [1.29, 1.82) is 0 Å². The Hall–Kier alpha value is -1.00. The molecule has 0 bridgehead atoms. The highest BCUT2D eigenvalue weighted by Crippen LogP contribution is 2.35. The van der Waals surface area contributed by atoms with Crippen LogP contribution in [0.2, 0.25) is 0 Å². The predicted octanol–water partition coefficient (Wildman–Crippen LogP) is 3.01. The van der Waals surface area contributed by atoms with Gasteiger partial charge in [-0.25, -0.2) is 8.78 Å². The average molecular weight is 269 g/mol. The van der Waals surface area contributed by atoms with Crippen molar-refractivity contribution >= 4 is 0 Å². The topological polar surface area (TPSA) is 21.3 Å². The maximum Gasteiger partial charge on any atom is 0.126 e. The highest BCUT2D eigenvalue weighted by atomic mass is 19.1. The average Bonchev–Trinajstić information content (AvgIpc) is 2.39. The van der Waals surface area contributed by atoms with Gasteiger partial charge in [0.2, 0.25) is 0 Å². The van der Waals surface area contributed by atoms with Crippen LogP contribution in [0, 0.1) is 11.6 Å². The lowest BCUT2D eigenvalue weighted by Gasteiger charge is -2.38. The minimum absolute atomic E-state index is 0.212. The van der Waals surface area contributed by atoms with Crippen LogP contribution in [0.15, 0.2) is 18.2 Å². The molecule has 1 fully saturated rings. The van der Waals surface area contributed by atoms with Crippen LogP contribution in [0.1, 0.15) is 31.7 Å². The van der Waals surface area contributed by atoms with Gasteiger partial charge in [0.25, 0.3) is 0 Å². The first-order valence-corrected chi connectivity index (χ1v) is 6.91. The lowest BCUT2D eigenvalue weighted by Crippen LogP contribution is -2.43. The normalized spacial score (nSPS) is 18.5. The van der Waals surface area contributed by atoms with Crippen LogP contribution >= 0.6 is 0 Å². The maximum atomic E-state index is 13.4. The molecule has 0 saturated carbocycles. The lowest BCUT2D eigenvalue weighted by molar-refractivity contribution is 0.0497. The number of hydrogen-bond donors (Lipinski definition) is 1. The minimum atomic E-state index is -0.503. The molecule has 106 valence electrons. The van der Waals surface area contributed by atoms with Gasteiger partial charge in [0.15, 0.2) is 0 Å². The van der Waals surface area contributed by atoms with E-state index in [0.717, 1.165) is 44.0 Å². The second-order valence-electron chi connectivity index (χ2n) is 5.23. The largest absolute Gasteiger partial charge is 0.381 e. The molecule has 0 spiro atoms. The van der Waals surface area contributed by atoms with Gasteiger partial charge in [-0.05, 0) is 43.5 Å². The first-order valence-electron chi connectivity index (χ1n) is 6.91. The van der Waals surface area contributed by atoms with Crippen molar-refractivity contribution in [2.45, 2.75) is 31.6 Å². The number of nitrogens with one attached hydrogen (secondary N) is 1. The predicted molar refractivity (Wildman–Crippen MR) is 71.2 cm³/mol. The quantitative estimate of drug-likeness (QED) is 0.830. The number of hydrogen-bond acceptors (Lipinski definition) is 2. The van der Waals surface area contributed by atoms with E-state index in [1.165, 1.54) is 12.1 Å². The van der Waals surface area contributed by atoms with Crippen molar-refractivity contribution in [2.24, 2.45) is 0 Å². The van der Waals surface area contributed by atoms with Crippen LogP contribution in [0.4, 0.5) is 8.78 Å². The van der Waals surface area contributed by atoms with Crippen molar-refractivity contribution in [1.82, 2.24) is 5.32 Å². The van der Waals surface area contributed by atoms with Gasteiger partial charge < -0.3 is 10.1 Å². The smallest absolute Gasteiger partial charge is 0.126 e. The van der Waals surface area contributed by atoms with Gasteiger partial charge in [-0.3, -0.25) is 0 Å². The third kappa shape index (κ3) is 3.51. The van der Waals surface area contributed by atoms with E-state index in [-0.39, 0.29) is 5.41 Å². The van der Waals surface area contributed by atoms with Crippen LogP contribution in [0.3, 0.4) is 0 Å². The molecule has 1 aromatic carbocycles. The first kappa shape index (κ1) is 14.4. The molecule has 1 aliphatic heterocycles. The fourth-order valence-corrected chi connectivity index (χ4v) is 2.69. The van der Waals surface area contributed by atoms with Crippen molar-refractivity contribution in [3.8, 4) is 0 Å². The van der Waals surface area contributed by atoms with Gasteiger partial charge in [-0.1, -0.05) is 6.92 Å². The molecular formula is C15H21F2NO. The van der Waals surface area contributed by atoms with E-state index in [1.54, 1.807) is 0 Å². The molecule has 4 heteroatoms. The highest BCUT2D eigenvalue weighted by molar-refractivity contribution is 5.28. The minimum Gasteiger partial charge on any atom is -0.381 e. The fourth-order valence-electron chi connectivity index (χ4n) is 2.69. The standard InChI is InChI=1S/C15H21F2NO/c1-2-5-18-11-15(3-6-19-7-4-15)12-8-13(16)10-14(17)9-12/h8-10,18H,2-7,11H2,1H3. The van der Waals surface area contributed by atoms with Gasteiger partial charge in [0.05, 0.1) is 0 Å². The molecule has 0 unspecified atom stereocenters. The Labute approximate surface area is 113 Å². The van der Waals surface area contributed by atoms with Gasteiger partial charge in [-0.15, -0.1) is 0 Å². The SMILES string of the molecule is CCCNCC1(c2cc(F)cc(F)c2)CCOCC1. The van der Waals surface area contributed by atoms with E-state index < -0.39 is 11.6 Å². The van der Waals surface area contributed by atoms with Crippen LogP contribution in [0.25, 0.3) is 0 Å². The zero-order valence-corrected chi connectivity index (χ0v) is 11.3. The van der Waals surface area contributed by atoms with E-state index >= 15 is 0 Å². The van der Waals surface area contributed by atoms with Crippen LogP contribution < -0.4 is 5.32 Å². The van der Waals surface area contributed by atoms with Crippen molar-refractivity contribution < 1.29 is 13.5 Å². The van der Waals surface area contributed by atoms with Crippen LogP contribution in [-0.2, 0) is 10.2 Å². The summed E-state index contributed by atoms with van der Waals surface area (Å²) in [6.07, 6.45) is 2.64. The second-order valence-corrected chi connectivity index (χ2v) is 5.23. The summed E-state index contributed by atoms with van der Waals surface area (Å²) in [5.74, 6) is -1.01. The van der Waals surface area contributed by atoms with Gasteiger partial charge in [0.1, 0.15) is 11.6 Å². The van der Waals surface area contributed by atoms with Gasteiger partial charge >= 0.3 is 0 Å². The summed E-state index contributed by atoms with van der Waals surface area (Å²) in [5, 5.41) is 3.38. The van der Waals surface area contributed by atoms with E-state index in [1.807, 2.05) is 0 Å². The van der Waals surface area contributed by atoms with Crippen molar-refractivity contribution in [3.05, 3.63) is 35.4 Å². The molecule has 1 heterocycles. The molecule has 2 nitrogen and oxygen atoms in total. The Kier molecular flexibility index (Phi) is 4.88. The van der Waals surface area contributed by atoms with Crippen LogP contribution in [-0.4, -0.2) is 26.3 Å². The highest BCUT2D eigenvalue weighted by Gasteiger charge is 2.34. The number of benzene rings is 1. The molecule has 0 radical (unpaired) electrons. The van der Waals surface area contributed by atoms with Crippen molar-refractivity contribution in [2.75, 3.05) is 26.3 Å². The monoisotopic (exact) mass is 269 g/mol. The summed E-state index contributed by atoms with van der Waals surface area (Å²) < 4.78 is 32.3. The lowest BCUT2D eigenvalue weighted by atomic mass is 9.74. The first-order chi connectivity index (χ1) is 9.16. The Morgan fingerprint density at radius 2 is 1.79 bits per heavy atom. The number of ether oxygens (including phenoxy) is 1. The summed E-state index contributed by atoms with van der Waals surface area (Å²) in [6.45, 7) is 5.05. The Morgan fingerprint density at radius 1 is 1.16 bits per heavy atom. The second kappa shape index (κ2) is 6.44. The summed E-state index contributed by atoms with van der Waals surface area (Å²) in [5.41, 5.74) is 0.535. The molecule has 1 aliphatic rings. The molecule has 1 aromatic rings. The Bertz CT molecular complexity index is 396. The number of halogens is 2. The molecule has 0 amide bonds. The van der Waals surface area contributed by atoms with Gasteiger partial charge in [-0.2, -0.15) is 0 Å². The van der Waals surface area contributed by atoms with Crippen molar-refractivity contribution in [3.63, 3.8) is 0 Å². The van der Waals surface area contributed by atoms with Crippen LogP contribution in [0.5, 0.6) is 0 Å². The molecular weight excluding hydrogens is 248 g/mol. The van der Waals surface area contributed by atoms with E-state index in [4.69, 9.17) is 4.74 Å². The zero-order chi connectivity index (χ0) is 13.7. The van der Waals surface area contributed by atoms with E-state index in [0.29, 0.717) is 13.2 Å². The summed E-state index contributed by atoms with van der Waals surface area (Å²) >= 11 is 0. The van der Waals surface area contributed by atoms with E-state index in [9.17, 15) is 8.78 Å². The Morgan fingerprint density at radius 3 is 2.37 bits per heavy atom. The maximum absolute atomic E-state index is 13.4. The summed E-state index contributed by atoms with van der Waals surface area (Å²) in [6, 6.07) is 3.85. The third-order valence-corrected chi connectivity index (χ3v) is 3.81. The van der Waals surface area contributed by atoms with E-state index in [2.05, 4.69) is 12.2 Å². The fraction of sp³-hybridized carbons (Fsp3) is 0.600. The molecule has 19 heavy (non-hydrogen) atoms. The molecule has 0 aromatic heterocycles. The molecule has 1 N–H and O–H groups in total. The molecule has 2 rings (SSSR count). The summed E-state index contributed by atoms with van der Waals surface area (Å²) in [4.78, 5) is 0. The number of rotatable bonds is 5. The zero-order valence-electron chi connectivity index (χ0n) is 11.3. The summed E-state index contributed by atoms with van der Waals surface area (Å²) in [7, 11) is 0. The Balaban J connectivity index is 2.24.